The van der Waals surface area contributed by atoms with Gasteiger partial charge >= 0.3 is 0 Å². The quantitative estimate of drug-likeness (QED) is 0.155. The molecule has 0 saturated carbocycles. The summed E-state index contributed by atoms with van der Waals surface area (Å²) in [6, 6.07) is 71.3. The first-order chi connectivity index (χ1) is 25.6. The highest BCUT2D eigenvalue weighted by Crippen LogP contribution is 2.47. The standard InChI is InChI=1S/C52H38/c1-35-23-25-47-49(27-35)51(45-31-41(37-15-7-3-8-16-37)29-42(32-45)38-17-9-4-10-18-38)48-26-24-36(2)28-50(48)52(47)46-33-43(39-19-11-5-12-20-39)30-44(34-46)40-21-13-6-14-22-40/h3-34H,1-2H3. The molecule has 0 aliphatic carbocycles. The van der Waals surface area contributed by atoms with Crippen LogP contribution in [0.1, 0.15) is 11.1 Å². The maximum atomic E-state index is 2.39. The molecule has 0 aliphatic heterocycles. The van der Waals surface area contributed by atoms with Gasteiger partial charge in [0.1, 0.15) is 0 Å². The van der Waals surface area contributed by atoms with E-state index >= 15 is 0 Å². The molecule has 0 nitrogen and oxygen atoms in total. The van der Waals surface area contributed by atoms with E-state index in [1.807, 2.05) is 0 Å². The van der Waals surface area contributed by atoms with Gasteiger partial charge in [0.25, 0.3) is 0 Å². The molecule has 246 valence electrons. The van der Waals surface area contributed by atoms with Crippen LogP contribution in [0.3, 0.4) is 0 Å². The van der Waals surface area contributed by atoms with E-state index in [-0.39, 0.29) is 0 Å². The largest absolute Gasteiger partial charge is 0.0622 e. The van der Waals surface area contributed by atoms with Crippen molar-refractivity contribution in [2.45, 2.75) is 13.8 Å². The minimum absolute atomic E-state index is 1.21. The molecule has 0 amide bonds. The fourth-order valence-corrected chi connectivity index (χ4v) is 7.81. The Labute approximate surface area is 306 Å². The number of aryl methyl sites for hydroxylation is 2. The normalized spacial score (nSPS) is 11.3. The molecule has 0 bridgehead atoms. The fourth-order valence-electron chi connectivity index (χ4n) is 7.81. The molecule has 0 N–H and O–H groups in total. The topological polar surface area (TPSA) is 0 Å². The highest BCUT2D eigenvalue weighted by Gasteiger charge is 2.20. The zero-order chi connectivity index (χ0) is 35.0. The first-order valence-corrected chi connectivity index (χ1v) is 18.1. The Balaban J connectivity index is 1.39. The molecular weight excluding hydrogens is 625 g/mol. The average Bonchev–Trinajstić information content (AvgIpc) is 3.21. The molecule has 9 aromatic rings. The van der Waals surface area contributed by atoms with E-state index < -0.39 is 0 Å². The molecule has 0 saturated heterocycles. The Morgan fingerprint density at radius 3 is 0.769 bits per heavy atom. The molecule has 0 aliphatic rings. The van der Waals surface area contributed by atoms with Gasteiger partial charge in [-0.15, -0.1) is 0 Å². The van der Waals surface area contributed by atoms with Gasteiger partial charge in [-0.2, -0.15) is 0 Å². The number of rotatable bonds is 6. The summed E-state index contributed by atoms with van der Waals surface area (Å²) >= 11 is 0. The summed E-state index contributed by atoms with van der Waals surface area (Å²) in [6.45, 7) is 4.42. The predicted octanol–water partition coefficient (Wildman–Crippen LogP) is 14.6. The van der Waals surface area contributed by atoms with Crippen molar-refractivity contribution in [1.29, 1.82) is 0 Å². The van der Waals surface area contributed by atoms with Crippen LogP contribution in [0.2, 0.25) is 0 Å². The van der Waals surface area contributed by atoms with Gasteiger partial charge in [0.05, 0.1) is 0 Å². The highest BCUT2D eigenvalue weighted by atomic mass is 14.2. The van der Waals surface area contributed by atoms with Crippen LogP contribution in [0.25, 0.3) is 88.3 Å². The van der Waals surface area contributed by atoms with Crippen LogP contribution in [0.5, 0.6) is 0 Å². The van der Waals surface area contributed by atoms with Crippen molar-refractivity contribution in [1.82, 2.24) is 0 Å². The molecule has 0 heterocycles. The van der Waals surface area contributed by atoms with E-state index in [1.165, 1.54) is 99.4 Å². The Morgan fingerprint density at radius 2 is 0.481 bits per heavy atom. The monoisotopic (exact) mass is 662 g/mol. The summed E-state index contributed by atoms with van der Waals surface area (Å²) < 4.78 is 0. The third-order valence-corrected chi connectivity index (χ3v) is 10.3. The SMILES string of the molecule is Cc1ccc2c(-c3cc(-c4ccccc4)cc(-c4ccccc4)c3)c3cc(C)ccc3c(-c3cc(-c4ccccc4)cc(-c4ccccc4)c3)c2c1. The molecule has 0 heteroatoms. The molecule has 0 unspecified atom stereocenters. The fraction of sp³-hybridized carbons (Fsp3) is 0.0385. The van der Waals surface area contributed by atoms with Crippen LogP contribution >= 0.6 is 0 Å². The summed E-state index contributed by atoms with van der Waals surface area (Å²) in [7, 11) is 0. The van der Waals surface area contributed by atoms with E-state index in [9.17, 15) is 0 Å². The molecule has 9 aromatic carbocycles. The Hall–Kier alpha value is -6.50. The average molecular weight is 663 g/mol. The van der Waals surface area contributed by atoms with Gasteiger partial charge in [0, 0.05) is 0 Å². The van der Waals surface area contributed by atoms with Crippen LogP contribution in [0, 0.1) is 13.8 Å². The molecule has 0 spiro atoms. The molecule has 0 fully saturated rings. The number of benzene rings is 9. The van der Waals surface area contributed by atoms with Crippen LogP contribution in [-0.2, 0) is 0 Å². The van der Waals surface area contributed by atoms with Crippen molar-refractivity contribution < 1.29 is 0 Å². The van der Waals surface area contributed by atoms with Crippen molar-refractivity contribution in [3.05, 3.63) is 205 Å². The zero-order valence-electron chi connectivity index (χ0n) is 29.5. The van der Waals surface area contributed by atoms with E-state index in [2.05, 4.69) is 208 Å². The van der Waals surface area contributed by atoms with Crippen molar-refractivity contribution in [2.75, 3.05) is 0 Å². The first kappa shape index (κ1) is 31.5. The lowest BCUT2D eigenvalue weighted by Crippen LogP contribution is -1.94. The van der Waals surface area contributed by atoms with E-state index in [1.54, 1.807) is 0 Å². The number of hydrogen-bond donors (Lipinski definition) is 0. The minimum atomic E-state index is 1.21. The van der Waals surface area contributed by atoms with Crippen LogP contribution in [0.15, 0.2) is 194 Å². The van der Waals surface area contributed by atoms with Crippen LogP contribution < -0.4 is 0 Å². The second-order valence-corrected chi connectivity index (χ2v) is 13.9. The molecular formula is C52H38. The minimum Gasteiger partial charge on any atom is -0.0622 e. The van der Waals surface area contributed by atoms with Gasteiger partial charge in [-0.05, 0) is 139 Å². The predicted molar refractivity (Wildman–Crippen MR) is 224 cm³/mol. The van der Waals surface area contributed by atoms with Crippen LogP contribution in [0.4, 0.5) is 0 Å². The second-order valence-electron chi connectivity index (χ2n) is 13.9. The maximum Gasteiger partial charge on any atom is -0.00258 e. The van der Waals surface area contributed by atoms with Gasteiger partial charge < -0.3 is 0 Å². The van der Waals surface area contributed by atoms with Crippen molar-refractivity contribution in [2.24, 2.45) is 0 Å². The first-order valence-electron chi connectivity index (χ1n) is 18.1. The summed E-state index contributed by atoms with van der Waals surface area (Å²) in [4.78, 5) is 0. The van der Waals surface area contributed by atoms with E-state index in [0.717, 1.165) is 0 Å². The van der Waals surface area contributed by atoms with Gasteiger partial charge in [0.2, 0.25) is 0 Å². The zero-order valence-corrected chi connectivity index (χ0v) is 29.5. The summed E-state index contributed by atoms with van der Waals surface area (Å²) in [6.07, 6.45) is 0. The lowest BCUT2D eigenvalue weighted by molar-refractivity contribution is 1.49. The summed E-state index contributed by atoms with van der Waals surface area (Å²) in [5.74, 6) is 0. The summed E-state index contributed by atoms with van der Waals surface area (Å²) in [5, 5.41) is 5.05. The maximum absolute atomic E-state index is 2.39. The van der Waals surface area contributed by atoms with Crippen LogP contribution in [-0.4, -0.2) is 0 Å². The Bertz CT molecular complexity index is 2400. The molecule has 0 atom stereocenters. The Kier molecular flexibility index (Phi) is 8.07. The van der Waals surface area contributed by atoms with Gasteiger partial charge in [0.15, 0.2) is 0 Å². The lowest BCUT2D eigenvalue weighted by Gasteiger charge is -2.21. The third kappa shape index (κ3) is 5.89. The molecule has 9 rings (SSSR count). The van der Waals surface area contributed by atoms with E-state index in [0.29, 0.717) is 0 Å². The lowest BCUT2D eigenvalue weighted by atomic mass is 9.82. The van der Waals surface area contributed by atoms with Gasteiger partial charge in [-0.25, -0.2) is 0 Å². The van der Waals surface area contributed by atoms with E-state index in [4.69, 9.17) is 0 Å². The summed E-state index contributed by atoms with van der Waals surface area (Å²) in [5.41, 5.74) is 17.2. The van der Waals surface area contributed by atoms with Crippen molar-refractivity contribution in [3.63, 3.8) is 0 Å². The van der Waals surface area contributed by atoms with Crippen molar-refractivity contribution >= 4 is 21.5 Å². The van der Waals surface area contributed by atoms with Crippen molar-refractivity contribution in [3.8, 4) is 66.8 Å². The highest BCUT2D eigenvalue weighted by molar-refractivity contribution is 6.22. The van der Waals surface area contributed by atoms with Gasteiger partial charge in [-0.1, -0.05) is 169 Å². The molecule has 0 aromatic heterocycles. The number of hydrogen-bond acceptors (Lipinski definition) is 0. The third-order valence-electron chi connectivity index (χ3n) is 10.3. The Morgan fingerprint density at radius 1 is 0.212 bits per heavy atom. The molecule has 0 radical (unpaired) electrons. The van der Waals surface area contributed by atoms with Gasteiger partial charge in [-0.3, -0.25) is 0 Å². The second kappa shape index (κ2) is 13.3. The number of fused-ring (bicyclic) bond motifs is 2. The smallest absolute Gasteiger partial charge is 0.00258 e. The molecule has 52 heavy (non-hydrogen) atoms.